The number of ether oxygens (including phenoxy) is 2. The minimum Gasteiger partial charge on any atom is -0.544 e. The number of allylic oxidation sites excluding steroid dienone is 2. The summed E-state index contributed by atoms with van der Waals surface area (Å²) in [7, 11) is 5.34. The first-order valence-electron chi connectivity index (χ1n) is 12.8. The van der Waals surface area contributed by atoms with Crippen LogP contribution >= 0.6 is 0 Å². The summed E-state index contributed by atoms with van der Waals surface area (Å²) < 4.78 is 10.7. The maximum atomic E-state index is 11.8. The zero-order chi connectivity index (χ0) is 25.0. The Morgan fingerprint density at radius 3 is 2.06 bits per heavy atom. The predicted molar refractivity (Wildman–Crippen MR) is 129 cm³/mol. The fourth-order valence-corrected chi connectivity index (χ4v) is 3.53. The first-order chi connectivity index (χ1) is 15.7. The molecule has 0 aliphatic carbocycles. The Labute approximate surface area is 201 Å². The number of aliphatic carboxylic acids is 1. The van der Waals surface area contributed by atoms with Gasteiger partial charge in [-0.1, -0.05) is 57.6 Å². The number of aliphatic hydroxyl groups is 1. The molecule has 0 aromatic heterocycles. The Balaban J connectivity index is 3.62. The monoisotopic (exact) mass is 471 g/mol. The lowest BCUT2D eigenvalue weighted by molar-refractivity contribution is -0.889. The average molecular weight is 472 g/mol. The van der Waals surface area contributed by atoms with E-state index in [4.69, 9.17) is 9.47 Å². The highest BCUT2D eigenvalue weighted by Gasteiger charge is 2.24. The van der Waals surface area contributed by atoms with E-state index in [-0.39, 0.29) is 36.7 Å². The third-order valence-corrected chi connectivity index (χ3v) is 5.63. The minimum absolute atomic E-state index is 0.00470. The van der Waals surface area contributed by atoms with Crippen LogP contribution in [0.25, 0.3) is 0 Å². The second kappa shape index (κ2) is 20.0. The maximum absolute atomic E-state index is 11.8. The topological polar surface area (TPSA) is 95.9 Å². The van der Waals surface area contributed by atoms with Crippen molar-refractivity contribution in [2.45, 2.75) is 103 Å². The van der Waals surface area contributed by atoms with E-state index < -0.39 is 18.1 Å². The lowest BCUT2D eigenvalue weighted by atomic mass is 10.1. The van der Waals surface area contributed by atoms with Crippen LogP contribution in [0.4, 0.5) is 0 Å². The van der Waals surface area contributed by atoms with Crippen LogP contribution in [-0.4, -0.2) is 74.6 Å². The number of hydrogen-bond donors (Lipinski definition) is 1. The molecule has 0 rings (SSSR count). The van der Waals surface area contributed by atoms with Gasteiger partial charge in [-0.05, 0) is 32.1 Å². The summed E-state index contributed by atoms with van der Waals surface area (Å²) in [6, 6.07) is -0.684. The molecule has 2 unspecified atom stereocenters. The SMILES string of the molecule is CCCCCCCC/C=C/CCCCCC(=O)OCC(O)COCCC(C(=O)[O-])[N+](C)(C)C. The molecule has 0 saturated heterocycles. The largest absolute Gasteiger partial charge is 0.544 e. The fourth-order valence-electron chi connectivity index (χ4n) is 3.53. The summed E-state index contributed by atoms with van der Waals surface area (Å²) in [5.41, 5.74) is 0. The van der Waals surface area contributed by atoms with Crippen LogP contribution in [0.15, 0.2) is 12.2 Å². The van der Waals surface area contributed by atoms with Gasteiger partial charge in [0, 0.05) is 12.8 Å². The van der Waals surface area contributed by atoms with Crippen molar-refractivity contribution in [1.82, 2.24) is 0 Å². The smallest absolute Gasteiger partial charge is 0.305 e. The summed E-state index contributed by atoms with van der Waals surface area (Å²) >= 11 is 0. The highest BCUT2D eigenvalue weighted by molar-refractivity contribution is 5.69. The third kappa shape index (κ3) is 19.7. The van der Waals surface area contributed by atoms with Crippen LogP contribution < -0.4 is 5.11 Å². The molecule has 0 bridgehead atoms. The fraction of sp³-hybridized carbons (Fsp3) is 0.846. The number of hydrogen-bond acceptors (Lipinski definition) is 6. The van der Waals surface area contributed by atoms with Crippen molar-refractivity contribution in [3.63, 3.8) is 0 Å². The molecule has 0 aromatic carbocycles. The molecule has 0 heterocycles. The standard InChI is InChI=1S/C26H49NO6/c1-5-6-7-8-9-10-11-12-13-14-15-16-17-18-25(29)33-22-23(28)21-32-20-19-24(26(30)31)27(2,3)4/h12-13,23-24,28H,5-11,14-22H2,1-4H3/b13-12+. The van der Waals surface area contributed by atoms with Gasteiger partial charge in [0.15, 0.2) is 0 Å². The Kier molecular flexibility index (Phi) is 19.1. The van der Waals surface area contributed by atoms with E-state index in [0.29, 0.717) is 6.42 Å². The van der Waals surface area contributed by atoms with Gasteiger partial charge >= 0.3 is 5.97 Å². The van der Waals surface area contributed by atoms with Crippen LogP contribution in [0.1, 0.15) is 90.4 Å². The predicted octanol–water partition coefficient (Wildman–Crippen LogP) is 3.38. The Morgan fingerprint density at radius 2 is 1.48 bits per heavy atom. The molecular weight excluding hydrogens is 422 g/mol. The number of carboxylic acid groups (broad SMARTS) is 1. The Bertz CT molecular complexity index is 529. The molecule has 1 N–H and O–H groups in total. The third-order valence-electron chi connectivity index (χ3n) is 5.63. The van der Waals surface area contributed by atoms with Crippen LogP contribution in [-0.2, 0) is 19.1 Å². The molecule has 0 aromatic rings. The number of likely N-dealkylation sites (N-methyl/N-ethyl adjacent to an activating group) is 1. The second-order valence-corrected chi connectivity index (χ2v) is 9.78. The zero-order valence-corrected chi connectivity index (χ0v) is 21.6. The summed E-state index contributed by atoms with van der Waals surface area (Å²) in [4.78, 5) is 23.0. The van der Waals surface area contributed by atoms with Gasteiger partial charge < -0.3 is 29.0 Å². The van der Waals surface area contributed by atoms with Crippen LogP contribution in [0.2, 0.25) is 0 Å². The van der Waals surface area contributed by atoms with Gasteiger partial charge in [0.05, 0.1) is 40.3 Å². The molecular formula is C26H49NO6. The number of quaternary nitrogens is 1. The van der Waals surface area contributed by atoms with E-state index in [1.165, 1.54) is 38.5 Å². The van der Waals surface area contributed by atoms with Crippen LogP contribution in [0.3, 0.4) is 0 Å². The molecule has 0 fully saturated rings. The first kappa shape index (κ1) is 31.6. The molecule has 194 valence electrons. The van der Waals surface area contributed by atoms with E-state index in [1.807, 2.05) is 0 Å². The van der Waals surface area contributed by atoms with Crippen molar-refractivity contribution in [1.29, 1.82) is 0 Å². The van der Waals surface area contributed by atoms with E-state index in [9.17, 15) is 19.8 Å². The van der Waals surface area contributed by atoms with Crippen molar-refractivity contribution in [3.05, 3.63) is 12.2 Å². The zero-order valence-electron chi connectivity index (χ0n) is 21.6. The van der Waals surface area contributed by atoms with Crippen molar-refractivity contribution in [2.24, 2.45) is 0 Å². The first-order valence-corrected chi connectivity index (χ1v) is 12.8. The Hall–Kier alpha value is -1.44. The quantitative estimate of drug-likeness (QED) is 0.113. The molecule has 0 saturated carbocycles. The van der Waals surface area contributed by atoms with Crippen molar-refractivity contribution < 1.29 is 33.8 Å². The second-order valence-electron chi connectivity index (χ2n) is 9.78. The van der Waals surface area contributed by atoms with Crippen LogP contribution in [0, 0.1) is 0 Å². The van der Waals surface area contributed by atoms with Gasteiger partial charge in [0.2, 0.25) is 0 Å². The molecule has 33 heavy (non-hydrogen) atoms. The number of rotatable bonds is 22. The van der Waals surface area contributed by atoms with Gasteiger partial charge in [-0.2, -0.15) is 0 Å². The lowest BCUT2D eigenvalue weighted by Gasteiger charge is -2.34. The highest BCUT2D eigenvalue weighted by atomic mass is 16.5. The van der Waals surface area contributed by atoms with Gasteiger partial charge in [0.1, 0.15) is 18.8 Å². The van der Waals surface area contributed by atoms with Crippen molar-refractivity contribution >= 4 is 11.9 Å². The summed E-state index contributed by atoms with van der Waals surface area (Å²) in [5, 5.41) is 21.1. The van der Waals surface area contributed by atoms with Crippen LogP contribution in [0.5, 0.6) is 0 Å². The molecule has 0 aliphatic heterocycles. The molecule has 7 nitrogen and oxygen atoms in total. The van der Waals surface area contributed by atoms with Gasteiger partial charge in [0.25, 0.3) is 0 Å². The number of esters is 1. The molecule has 0 aliphatic rings. The van der Waals surface area contributed by atoms with Crippen molar-refractivity contribution in [3.8, 4) is 0 Å². The number of nitrogens with zero attached hydrogens (tertiary/aromatic N) is 1. The van der Waals surface area contributed by atoms with E-state index in [1.54, 1.807) is 21.1 Å². The number of carbonyl (C=O) groups excluding carboxylic acids is 2. The molecule has 2 atom stereocenters. The van der Waals surface area contributed by atoms with Gasteiger partial charge in [-0.15, -0.1) is 0 Å². The number of carbonyl (C=O) groups is 2. The average Bonchev–Trinajstić information content (AvgIpc) is 2.74. The van der Waals surface area contributed by atoms with Gasteiger partial charge in [-0.25, -0.2) is 0 Å². The van der Waals surface area contributed by atoms with Gasteiger partial charge in [-0.3, -0.25) is 4.79 Å². The minimum atomic E-state index is -1.12. The van der Waals surface area contributed by atoms with E-state index in [0.717, 1.165) is 32.1 Å². The normalized spacial score (nSPS) is 13.8. The van der Waals surface area contributed by atoms with E-state index in [2.05, 4.69) is 19.1 Å². The summed E-state index contributed by atoms with van der Waals surface area (Å²) in [6.45, 7) is 2.31. The maximum Gasteiger partial charge on any atom is 0.305 e. The number of unbranched alkanes of at least 4 members (excludes halogenated alkanes) is 9. The lowest BCUT2D eigenvalue weighted by Crippen LogP contribution is -2.55. The molecule has 0 spiro atoms. The highest BCUT2D eigenvalue weighted by Crippen LogP contribution is 2.09. The summed E-state index contributed by atoms with van der Waals surface area (Å²) in [6.07, 6.45) is 17.2. The molecule has 0 amide bonds. The summed E-state index contributed by atoms with van der Waals surface area (Å²) in [5.74, 6) is -1.43. The van der Waals surface area contributed by atoms with Crippen molar-refractivity contribution in [2.75, 3.05) is 41.0 Å². The number of aliphatic hydroxyl groups excluding tert-OH is 1. The molecule has 7 heteroatoms. The molecule has 0 radical (unpaired) electrons. The number of carboxylic acids is 1. The Morgan fingerprint density at radius 1 is 0.909 bits per heavy atom. The van der Waals surface area contributed by atoms with E-state index >= 15 is 0 Å².